The molecule has 1 aromatic carbocycles. The normalized spacial score (nSPS) is 16.8. The van der Waals surface area contributed by atoms with Crippen molar-refractivity contribution in [2.24, 2.45) is 5.92 Å². The van der Waals surface area contributed by atoms with Crippen molar-refractivity contribution >= 4 is 22.9 Å². The van der Waals surface area contributed by atoms with Gasteiger partial charge >= 0.3 is 6.03 Å². The van der Waals surface area contributed by atoms with Crippen LogP contribution in [0.4, 0.5) is 15.0 Å². The number of nitrogens with one attached hydrogen (secondary N) is 2. The Labute approximate surface area is 174 Å². The minimum Gasteiger partial charge on any atom is -0.352 e. The third-order valence-electron chi connectivity index (χ3n) is 5.96. The molecule has 1 saturated heterocycles. The highest BCUT2D eigenvalue weighted by Crippen LogP contribution is 2.36. The molecule has 0 bridgehead atoms. The Morgan fingerprint density at radius 1 is 1.13 bits per heavy atom. The highest BCUT2D eigenvalue weighted by molar-refractivity contribution is 5.91. The Hall–Kier alpha value is -3.16. The second kappa shape index (κ2) is 7.93. The van der Waals surface area contributed by atoms with Crippen molar-refractivity contribution in [2.75, 3.05) is 31.1 Å². The third-order valence-corrected chi connectivity index (χ3v) is 5.96. The van der Waals surface area contributed by atoms with E-state index in [0.717, 1.165) is 47.8 Å². The lowest BCUT2D eigenvalue weighted by atomic mass is 10.1. The van der Waals surface area contributed by atoms with Crippen molar-refractivity contribution in [3.05, 3.63) is 53.7 Å². The smallest absolute Gasteiger partial charge is 0.317 e. The number of fused-ring (bicyclic) bond motifs is 1. The third kappa shape index (κ3) is 3.94. The van der Waals surface area contributed by atoms with Crippen molar-refractivity contribution in [3.8, 4) is 0 Å². The highest BCUT2D eigenvalue weighted by atomic mass is 19.1. The summed E-state index contributed by atoms with van der Waals surface area (Å²) in [5.74, 6) is 1.48. The molecule has 0 radical (unpaired) electrons. The lowest BCUT2D eigenvalue weighted by molar-refractivity contribution is 0.194. The minimum atomic E-state index is -0.275. The number of nitrogens with zero attached hydrogens (tertiary/aromatic N) is 4. The molecule has 0 unspecified atom stereocenters. The average molecular weight is 408 g/mol. The van der Waals surface area contributed by atoms with Gasteiger partial charge in [0.25, 0.3) is 0 Å². The quantitative estimate of drug-likeness (QED) is 0.680. The maximum atomic E-state index is 13.0. The van der Waals surface area contributed by atoms with Gasteiger partial charge < -0.3 is 20.1 Å². The molecule has 156 valence electrons. The summed E-state index contributed by atoms with van der Waals surface area (Å²) in [6.45, 7) is 3.10. The molecule has 3 aromatic rings. The van der Waals surface area contributed by atoms with Crippen LogP contribution in [0.2, 0.25) is 0 Å². The second-order valence-corrected chi connectivity index (χ2v) is 8.14. The molecule has 2 aliphatic rings. The number of hydrogen-bond donors (Lipinski definition) is 2. The van der Waals surface area contributed by atoms with Gasteiger partial charge in [0, 0.05) is 38.9 Å². The Morgan fingerprint density at radius 3 is 2.63 bits per heavy atom. The van der Waals surface area contributed by atoms with Crippen LogP contribution in [0.3, 0.4) is 0 Å². The first-order chi connectivity index (χ1) is 14.7. The van der Waals surface area contributed by atoms with Crippen LogP contribution < -0.4 is 10.2 Å². The van der Waals surface area contributed by atoms with Gasteiger partial charge in [-0.25, -0.2) is 19.2 Å². The molecule has 0 atom stereocenters. The van der Waals surface area contributed by atoms with Gasteiger partial charge in [-0.3, -0.25) is 0 Å². The first-order valence-corrected chi connectivity index (χ1v) is 10.5. The zero-order chi connectivity index (χ0) is 20.5. The van der Waals surface area contributed by atoms with E-state index in [1.54, 1.807) is 18.5 Å². The molecule has 30 heavy (non-hydrogen) atoms. The molecule has 1 aliphatic carbocycles. The summed E-state index contributed by atoms with van der Waals surface area (Å²) < 4.78 is 13.0. The molecular formula is C22H25FN6O. The molecule has 2 N–H and O–H groups in total. The number of carbonyl (C=O) groups is 1. The largest absolute Gasteiger partial charge is 0.352 e. The molecule has 1 aliphatic heterocycles. The summed E-state index contributed by atoms with van der Waals surface area (Å²) in [7, 11) is 0. The van der Waals surface area contributed by atoms with Crippen molar-refractivity contribution < 1.29 is 9.18 Å². The topological polar surface area (TPSA) is 77.2 Å². The van der Waals surface area contributed by atoms with E-state index in [1.807, 2.05) is 4.90 Å². The molecule has 0 spiro atoms. The summed E-state index contributed by atoms with van der Waals surface area (Å²) in [6, 6.07) is 6.08. The van der Waals surface area contributed by atoms with Crippen LogP contribution in [0.1, 0.15) is 24.0 Å². The fourth-order valence-electron chi connectivity index (χ4n) is 4.06. The van der Waals surface area contributed by atoms with Crippen LogP contribution in [0.15, 0.2) is 36.8 Å². The number of amides is 2. The van der Waals surface area contributed by atoms with Gasteiger partial charge in [-0.2, -0.15) is 0 Å². The van der Waals surface area contributed by atoms with Crippen molar-refractivity contribution in [1.29, 1.82) is 0 Å². The van der Waals surface area contributed by atoms with Gasteiger partial charge in [-0.05, 0) is 48.4 Å². The van der Waals surface area contributed by atoms with Crippen LogP contribution in [0.5, 0.6) is 0 Å². The fraction of sp³-hybridized carbons (Fsp3) is 0.409. The summed E-state index contributed by atoms with van der Waals surface area (Å²) in [4.78, 5) is 28.9. The number of rotatable bonds is 5. The molecule has 1 saturated carbocycles. The van der Waals surface area contributed by atoms with E-state index in [9.17, 15) is 9.18 Å². The second-order valence-electron chi connectivity index (χ2n) is 8.14. The minimum absolute atomic E-state index is 0.0946. The fourth-order valence-corrected chi connectivity index (χ4v) is 4.06. The van der Waals surface area contributed by atoms with E-state index in [4.69, 9.17) is 0 Å². The van der Waals surface area contributed by atoms with Gasteiger partial charge in [-0.1, -0.05) is 12.1 Å². The monoisotopic (exact) mass is 408 g/mol. The number of H-pyrrole nitrogens is 1. The van der Waals surface area contributed by atoms with Gasteiger partial charge in [0.15, 0.2) is 0 Å². The predicted octanol–water partition coefficient (Wildman–Crippen LogP) is 3.08. The Morgan fingerprint density at radius 2 is 1.90 bits per heavy atom. The maximum Gasteiger partial charge on any atom is 0.317 e. The number of benzene rings is 1. The highest BCUT2D eigenvalue weighted by Gasteiger charge is 2.27. The molecule has 5 rings (SSSR count). The van der Waals surface area contributed by atoms with Crippen LogP contribution in [-0.2, 0) is 13.0 Å². The summed E-state index contributed by atoms with van der Waals surface area (Å²) in [5, 5.41) is 4.04. The van der Waals surface area contributed by atoms with Crippen LogP contribution in [-0.4, -0.2) is 52.1 Å². The SMILES string of the molecule is O=C(NCc1ccc(F)cc1)N1CCN(c2ncnc3[nH]cc(CC4CC4)c23)CC1. The number of piperazine rings is 1. The average Bonchev–Trinajstić information content (AvgIpc) is 3.51. The number of anilines is 1. The van der Waals surface area contributed by atoms with E-state index < -0.39 is 0 Å². The maximum absolute atomic E-state index is 13.0. The zero-order valence-corrected chi connectivity index (χ0v) is 16.8. The summed E-state index contributed by atoms with van der Waals surface area (Å²) in [6.07, 6.45) is 7.37. The molecule has 3 heterocycles. The Bertz CT molecular complexity index is 1040. The van der Waals surface area contributed by atoms with Crippen LogP contribution in [0.25, 0.3) is 11.0 Å². The van der Waals surface area contributed by atoms with Crippen molar-refractivity contribution in [3.63, 3.8) is 0 Å². The number of aromatic nitrogens is 3. The first-order valence-electron chi connectivity index (χ1n) is 10.5. The van der Waals surface area contributed by atoms with Gasteiger partial charge in [0.05, 0.1) is 5.39 Å². The van der Waals surface area contributed by atoms with Gasteiger partial charge in [-0.15, -0.1) is 0 Å². The number of halogens is 1. The van der Waals surface area contributed by atoms with Gasteiger partial charge in [0.1, 0.15) is 23.6 Å². The van der Waals surface area contributed by atoms with Crippen LogP contribution >= 0.6 is 0 Å². The summed E-state index contributed by atoms with van der Waals surface area (Å²) >= 11 is 0. The summed E-state index contributed by atoms with van der Waals surface area (Å²) in [5.41, 5.74) is 3.06. The van der Waals surface area contributed by atoms with E-state index in [2.05, 4.69) is 31.4 Å². The van der Waals surface area contributed by atoms with E-state index >= 15 is 0 Å². The van der Waals surface area contributed by atoms with E-state index in [-0.39, 0.29) is 11.8 Å². The molecule has 7 nitrogen and oxygen atoms in total. The van der Waals surface area contributed by atoms with E-state index in [0.29, 0.717) is 19.6 Å². The van der Waals surface area contributed by atoms with Gasteiger partial charge in [0.2, 0.25) is 0 Å². The molecule has 2 amide bonds. The first kappa shape index (κ1) is 18.8. The van der Waals surface area contributed by atoms with Crippen LogP contribution in [0, 0.1) is 11.7 Å². The lowest BCUT2D eigenvalue weighted by Crippen LogP contribution is -2.52. The Balaban J connectivity index is 1.22. The molecular weight excluding hydrogens is 383 g/mol. The zero-order valence-electron chi connectivity index (χ0n) is 16.8. The van der Waals surface area contributed by atoms with E-state index in [1.165, 1.54) is 30.5 Å². The Kier molecular flexibility index (Phi) is 4.98. The predicted molar refractivity (Wildman–Crippen MR) is 113 cm³/mol. The standard InChI is InChI=1S/C22H25FN6O/c23-18-5-3-16(4-6-18)12-25-22(30)29-9-7-28(8-10-29)21-19-17(11-15-1-2-15)13-24-20(19)26-14-27-21/h3-6,13-15H,1-2,7-12H2,(H,25,30)(H,24,26,27). The molecule has 2 fully saturated rings. The van der Waals surface area contributed by atoms with Crippen molar-refractivity contribution in [2.45, 2.75) is 25.8 Å². The number of aromatic amines is 1. The lowest BCUT2D eigenvalue weighted by Gasteiger charge is -2.35. The molecule has 2 aromatic heterocycles. The number of hydrogen-bond acceptors (Lipinski definition) is 4. The molecule has 8 heteroatoms. The van der Waals surface area contributed by atoms with Crippen molar-refractivity contribution in [1.82, 2.24) is 25.2 Å². The number of carbonyl (C=O) groups excluding carboxylic acids is 1. The number of urea groups is 1.